The summed E-state index contributed by atoms with van der Waals surface area (Å²) >= 11 is 5.99. The molecule has 5 nitrogen and oxygen atoms in total. The highest BCUT2D eigenvalue weighted by molar-refractivity contribution is 6.31. The summed E-state index contributed by atoms with van der Waals surface area (Å²) in [5.74, 6) is -0.478. The van der Waals surface area contributed by atoms with E-state index in [2.05, 4.69) is 4.90 Å². The molecule has 1 aliphatic rings. The Hall–Kier alpha value is -1.66. The van der Waals surface area contributed by atoms with Crippen molar-refractivity contribution in [2.75, 3.05) is 45.8 Å². The first-order valence-corrected chi connectivity index (χ1v) is 9.04. The summed E-state index contributed by atoms with van der Waals surface area (Å²) in [6.45, 7) is 8.08. The van der Waals surface area contributed by atoms with Crippen LogP contribution in [0.15, 0.2) is 18.2 Å². The summed E-state index contributed by atoms with van der Waals surface area (Å²) in [7, 11) is 0. The number of hydrogen-bond donors (Lipinski definition) is 0. The van der Waals surface area contributed by atoms with Crippen LogP contribution >= 0.6 is 11.6 Å². The molecule has 2 rings (SSSR count). The van der Waals surface area contributed by atoms with Crippen molar-refractivity contribution in [2.45, 2.75) is 20.3 Å². The van der Waals surface area contributed by atoms with E-state index in [0.29, 0.717) is 45.8 Å². The van der Waals surface area contributed by atoms with Crippen LogP contribution in [0, 0.1) is 5.82 Å². The third-order valence-corrected chi connectivity index (χ3v) is 4.94. The second-order valence-electron chi connectivity index (χ2n) is 6.10. The van der Waals surface area contributed by atoms with Crippen LogP contribution < -0.4 is 0 Å². The number of hydrogen-bond acceptors (Lipinski definition) is 3. The summed E-state index contributed by atoms with van der Waals surface area (Å²) in [4.78, 5) is 30.1. The van der Waals surface area contributed by atoms with E-state index in [0.717, 1.165) is 0 Å². The molecular formula is C18H25ClFN3O2. The van der Waals surface area contributed by atoms with E-state index in [1.54, 1.807) is 15.9 Å². The van der Waals surface area contributed by atoms with Gasteiger partial charge in [-0.2, -0.15) is 0 Å². The SMILES string of the molecule is CCN(CC)C(=O)CN1CCN(C(=O)Cc2c(F)cccc2Cl)CC1. The fourth-order valence-electron chi connectivity index (χ4n) is 2.99. The van der Waals surface area contributed by atoms with Gasteiger partial charge in [0.2, 0.25) is 11.8 Å². The number of likely N-dealkylation sites (N-methyl/N-ethyl adjacent to an activating group) is 1. The van der Waals surface area contributed by atoms with Crippen LogP contribution in [0.25, 0.3) is 0 Å². The van der Waals surface area contributed by atoms with Crippen molar-refractivity contribution in [1.82, 2.24) is 14.7 Å². The summed E-state index contributed by atoms with van der Waals surface area (Å²) in [6.07, 6.45) is -0.0378. The lowest BCUT2D eigenvalue weighted by atomic mass is 10.1. The minimum absolute atomic E-state index is 0.0378. The average molecular weight is 370 g/mol. The van der Waals surface area contributed by atoms with E-state index in [1.165, 1.54) is 12.1 Å². The molecule has 0 aliphatic carbocycles. The van der Waals surface area contributed by atoms with E-state index in [1.807, 2.05) is 13.8 Å². The maximum Gasteiger partial charge on any atom is 0.236 e. The van der Waals surface area contributed by atoms with Gasteiger partial charge in [0.05, 0.1) is 13.0 Å². The van der Waals surface area contributed by atoms with Gasteiger partial charge in [0, 0.05) is 49.9 Å². The Kier molecular flexibility index (Phi) is 7.20. The number of halogens is 2. The van der Waals surface area contributed by atoms with Crippen LogP contribution in [0.3, 0.4) is 0 Å². The molecule has 1 saturated heterocycles. The van der Waals surface area contributed by atoms with E-state index in [4.69, 9.17) is 11.6 Å². The van der Waals surface area contributed by atoms with Gasteiger partial charge in [-0.05, 0) is 26.0 Å². The second-order valence-corrected chi connectivity index (χ2v) is 6.51. The van der Waals surface area contributed by atoms with Gasteiger partial charge in [0.1, 0.15) is 5.82 Å². The zero-order valence-corrected chi connectivity index (χ0v) is 15.6. The Bertz CT molecular complexity index is 594. The molecule has 0 saturated carbocycles. The van der Waals surface area contributed by atoms with Crippen molar-refractivity contribution in [3.63, 3.8) is 0 Å². The highest BCUT2D eigenvalue weighted by atomic mass is 35.5. The minimum Gasteiger partial charge on any atom is -0.342 e. The quantitative estimate of drug-likeness (QED) is 0.770. The number of benzene rings is 1. The third-order valence-electron chi connectivity index (χ3n) is 4.59. The van der Waals surface area contributed by atoms with Crippen molar-refractivity contribution in [1.29, 1.82) is 0 Å². The predicted octanol–water partition coefficient (Wildman–Crippen LogP) is 2.03. The molecule has 0 N–H and O–H groups in total. The van der Waals surface area contributed by atoms with Crippen LogP contribution in [0.4, 0.5) is 4.39 Å². The van der Waals surface area contributed by atoms with Gasteiger partial charge in [-0.15, -0.1) is 0 Å². The lowest BCUT2D eigenvalue weighted by Gasteiger charge is -2.35. The first-order valence-electron chi connectivity index (χ1n) is 8.67. The molecule has 1 aliphatic heterocycles. The van der Waals surface area contributed by atoms with Gasteiger partial charge in [-0.1, -0.05) is 17.7 Å². The molecule has 0 bridgehead atoms. The standard InChI is InChI=1S/C18H25ClFN3O2/c1-3-22(4-2)18(25)13-21-8-10-23(11-9-21)17(24)12-14-15(19)6-5-7-16(14)20/h5-7H,3-4,8-13H2,1-2H3. The smallest absolute Gasteiger partial charge is 0.236 e. The average Bonchev–Trinajstić information content (AvgIpc) is 2.60. The van der Waals surface area contributed by atoms with Crippen LogP contribution in [-0.2, 0) is 16.0 Å². The van der Waals surface area contributed by atoms with E-state index in [9.17, 15) is 14.0 Å². The number of piperazine rings is 1. The molecule has 2 amide bonds. The molecule has 0 unspecified atom stereocenters. The molecule has 138 valence electrons. The summed E-state index contributed by atoms with van der Waals surface area (Å²) < 4.78 is 13.8. The molecule has 0 radical (unpaired) electrons. The summed E-state index contributed by atoms with van der Waals surface area (Å²) in [5.41, 5.74) is 0.244. The number of amides is 2. The van der Waals surface area contributed by atoms with Gasteiger partial charge in [-0.3, -0.25) is 14.5 Å². The van der Waals surface area contributed by atoms with Crippen LogP contribution in [0.5, 0.6) is 0 Å². The number of carbonyl (C=O) groups is 2. The lowest BCUT2D eigenvalue weighted by molar-refractivity contribution is -0.134. The topological polar surface area (TPSA) is 43.9 Å². The Labute approximate surface area is 153 Å². The van der Waals surface area contributed by atoms with Gasteiger partial charge in [-0.25, -0.2) is 4.39 Å². The number of nitrogens with zero attached hydrogens (tertiary/aromatic N) is 3. The molecule has 0 aromatic heterocycles. The molecule has 7 heteroatoms. The van der Waals surface area contributed by atoms with Crippen molar-refractivity contribution < 1.29 is 14.0 Å². The Morgan fingerprint density at radius 1 is 1.16 bits per heavy atom. The summed E-state index contributed by atoms with van der Waals surface area (Å²) in [5, 5.41) is 0.275. The fourth-order valence-corrected chi connectivity index (χ4v) is 3.22. The van der Waals surface area contributed by atoms with Crippen molar-refractivity contribution >= 4 is 23.4 Å². The maximum atomic E-state index is 13.8. The Balaban J connectivity index is 1.85. The van der Waals surface area contributed by atoms with Gasteiger partial charge >= 0.3 is 0 Å². The highest BCUT2D eigenvalue weighted by Gasteiger charge is 2.24. The molecule has 1 fully saturated rings. The van der Waals surface area contributed by atoms with Crippen molar-refractivity contribution in [3.05, 3.63) is 34.6 Å². The van der Waals surface area contributed by atoms with Crippen molar-refractivity contribution in [2.24, 2.45) is 0 Å². The Morgan fingerprint density at radius 2 is 1.80 bits per heavy atom. The monoisotopic (exact) mass is 369 g/mol. The van der Waals surface area contributed by atoms with Crippen molar-refractivity contribution in [3.8, 4) is 0 Å². The number of carbonyl (C=O) groups excluding carboxylic acids is 2. The maximum absolute atomic E-state index is 13.8. The zero-order valence-electron chi connectivity index (χ0n) is 14.8. The fraction of sp³-hybridized carbons (Fsp3) is 0.556. The normalized spacial score (nSPS) is 15.3. The molecule has 1 aromatic carbocycles. The zero-order chi connectivity index (χ0) is 18.4. The van der Waals surface area contributed by atoms with E-state index in [-0.39, 0.29) is 28.8 Å². The van der Waals surface area contributed by atoms with Gasteiger partial charge in [0.15, 0.2) is 0 Å². The van der Waals surface area contributed by atoms with Gasteiger partial charge < -0.3 is 9.80 Å². The van der Waals surface area contributed by atoms with Crippen LogP contribution in [0.2, 0.25) is 5.02 Å². The third kappa shape index (κ3) is 5.16. The summed E-state index contributed by atoms with van der Waals surface area (Å²) in [6, 6.07) is 4.42. The molecule has 1 aromatic rings. The largest absolute Gasteiger partial charge is 0.342 e. The second kappa shape index (κ2) is 9.15. The number of rotatable bonds is 6. The molecular weight excluding hydrogens is 345 g/mol. The molecule has 0 spiro atoms. The molecule has 25 heavy (non-hydrogen) atoms. The first kappa shape index (κ1) is 19.7. The van der Waals surface area contributed by atoms with Crippen LogP contribution in [-0.4, -0.2) is 72.3 Å². The van der Waals surface area contributed by atoms with E-state index < -0.39 is 5.82 Å². The van der Waals surface area contributed by atoms with Crippen LogP contribution in [0.1, 0.15) is 19.4 Å². The van der Waals surface area contributed by atoms with E-state index >= 15 is 0 Å². The molecule has 0 atom stereocenters. The highest BCUT2D eigenvalue weighted by Crippen LogP contribution is 2.20. The Morgan fingerprint density at radius 3 is 2.36 bits per heavy atom. The predicted molar refractivity (Wildman–Crippen MR) is 96.1 cm³/mol. The first-order chi connectivity index (χ1) is 12.0. The minimum atomic E-state index is -0.454. The molecule has 1 heterocycles. The van der Waals surface area contributed by atoms with Gasteiger partial charge in [0.25, 0.3) is 0 Å². The lowest BCUT2D eigenvalue weighted by Crippen LogP contribution is -2.51.